The van der Waals surface area contributed by atoms with Gasteiger partial charge in [-0.2, -0.15) is 8.42 Å². The lowest BCUT2D eigenvalue weighted by atomic mass is 9.54. The van der Waals surface area contributed by atoms with Crippen LogP contribution in [0.15, 0.2) is 76.3 Å². The zero-order valence-electron chi connectivity index (χ0n) is 25.0. The number of fused-ring (bicyclic) bond motifs is 5. The minimum atomic E-state index is -3.77. The molecule has 39 heavy (non-hydrogen) atoms. The molecule has 4 heteroatoms. The molecule has 0 radical (unpaired) electrons. The van der Waals surface area contributed by atoms with Crippen molar-refractivity contribution in [3.8, 4) is 0 Å². The number of allylic oxidation sites excluding steroid dienone is 7. The van der Waals surface area contributed by atoms with Crippen LogP contribution in [-0.2, 0) is 14.3 Å². The molecule has 212 valence electrons. The van der Waals surface area contributed by atoms with E-state index >= 15 is 0 Å². The van der Waals surface area contributed by atoms with Gasteiger partial charge in [0.1, 0.15) is 0 Å². The minimum absolute atomic E-state index is 0.0187. The molecule has 0 spiro atoms. The van der Waals surface area contributed by atoms with E-state index < -0.39 is 10.1 Å². The highest BCUT2D eigenvalue weighted by Crippen LogP contribution is 2.64. The van der Waals surface area contributed by atoms with Gasteiger partial charge in [0.05, 0.1) is 11.0 Å². The van der Waals surface area contributed by atoms with Crippen LogP contribution in [0.3, 0.4) is 0 Å². The van der Waals surface area contributed by atoms with Crippen LogP contribution in [0.5, 0.6) is 0 Å². The van der Waals surface area contributed by atoms with E-state index in [1.54, 1.807) is 17.7 Å². The monoisotopic (exact) mass is 548 g/mol. The van der Waals surface area contributed by atoms with Gasteiger partial charge < -0.3 is 0 Å². The van der Waals surface area contributed by atoms with Gasteiger partial charge in [-0.25, -0.2) is 0 Å². The van der Waals surface area contributed by atoms with Crippen molar-refractivity contribution in [1.82, 2.24) is 0 Å². The number of benzene rings is 1. The van der Waals surface area contributed by atoms with Crippen LogP contribution in [0.1, 0.15) is 85.6 Å². The third kappa shape index (κ3) is 5.17. The third-order valence-electron chi connectivity index (χ3n) is 11.0. The molecule has 1 aromatic carbocycles. The third-order valence-corrected chi connectivity index (χ3v) is 12.4. The van der Waals surface area contributed by atoms with Gasteiger partial charge >= 0.3 is 0 Å². The van der Waals surface area contributed by atoms with Gasteiger partial charge in [-0.05, 0) is 104 Å². The van der Waals surface area contributed by atoms with E-state index in [1.165, 1.54) is 24.0 Å². The lowest BCUT2D eigenvalue weighted by Gasteiger charge is -2.50. The minimum Gasteiger partial charge on any atom is -0.263 e. The largest absolute Gasteiger partial charge is 0.297 e. The van der Waals surface area contributed by atoms with Gasteiger partial charge in [0, 0.05) is 5.41 Å². The van der Waals surface area contributed by atoms with Gasteiger partial charge in [0.25, 0.3) is 10.1 Å². The zero-order valence-corrected chi connectivity index (χ0v) is 25.9. The first-order valence-electron chi connectivity index (χ1n) is 15.2. The summed E-state index contributed by atoms with van der Waals surface area (Å²) in [5.41, 5.74) is 5.70. The summed E-state index contributed by atoms with van der Waals surface area (Å²) in [4.78, 5) is 0.244. The highest BCUT2D eigenvalue weighted by molar-refractivity contribution is 7.86. The SMILES string of the molecule is Cc1ccc(S(=O)(=O)O[C@H]2CC[C@@]3(C)C(=CC=C4C3=CC[C@]3(C)[C@@H]([C@H](C)/C=C/[C@H](C)C(C)C)CC[C@@H]43)C2)cc1. The van der Waals surface area contributed by atoms with Crippen molar-refractivity contribution >= 4 is 10.1 Å². The first-order chi connectivity index (χ1) is 18.3. The Morgan fingerprint density at radius 2 is 1.69 bits per heavy atom. The molecular weight excluding hydrogens is 500 g/mol. The van der Waals surface area contributed by atoms with Crippen LogP contribution in [0.4, 0.5) is 0 Å². The van der Waals surface area contributed by atoms with Gasteiger partial charge in [-0.3, -0.25) is 4.18 Å². The summed E-state index contributed by atoms with van der Waals surface area (Å²) in [6.45, 7) is 16.3. The predicted molar refractivity (Wildman–Crippen MR) is 161 cm³/mol. The van der Waals surface area contributed by atoms with Gasteiger partial charge in [0.2, 0.25) is 0 Å². The Labute approximate surface area is 237 Å². The van der Waals surface area contributed by atoms with E-state index in [-0.39, 0.29) is 16.4 Å². The Hall–Kier alpha value is -1.91. The maximum absolute atomic E-state index is 13.0. The van der Waals surface area contributed by atoms with E-state index in [0.717, 1.165) is 24.8 Å². The normalized spacial score (nSPS) is 34.1. The van der Waals surface area contributed by atoms with Crippen LogP contribution in [0.25, 0.3) is 0 Å². The smallest absolute Gasteiger partial charge is 0.263 e. The summed E-state index contributed by atoms with van der Waals surface area (Å²) < 4.78 is 31.7. The van der Waals surface area contributed by atoms with Crippen molar-refractivity contribution in [3.05, 3.63) is 76.9 Å². The lowest BCUT2D eigenvalue weighted by molar-refractivity contribution is 0.130. The molecule has 4 aliphatic rings. The maximum atomic E-state index is 13.0. The molecule has 0 aliphatic heterocycles. The second-order valence-electron chi connectivity index (χ2n) is 13.8. The average Bonchev–Trinajstić information content (AvgIpc) is 3.24. The fourth-order valence-corrected chi connectivity index (χ4v) is 9.07. The van der Waals surface area contributed by atoms with Crippen molar-refractivity contribution < 1.29 is 12.6 Å². The van der Waals surface area contributed by atoms with E-state index in [4.69, 9.17) is 4.18 Å². The fourth-order valence-electron chi connectivity index (χ4n) is 7.97. The lowest BCUT2D eigenvalue weighted by Crippen LogP contribution is -2.41. The summed E-state index contributed by atoms with van der Waals surface area (Å²) in [6.07, 6.45) is 17.9. The molecule has 4 aliphatic carbocycles. The van der Waals surface area contributed by atoms with E-state index in [2.05, 4.69) is 71.9 Å². The quantitative estimate of drug-likeness (QED) is 0.252. The molecule has 0 N–H and O–H groups in total. The number of hydrogen-bond donors (Lipinski definition) is 0. The van der Waals surface area contributed by atoms with Crippen LogP contribution in [0, 0.1) is 47.3 Å². The molecule has 2 saturated carbocycles. The van der Waals surface area contributed by atoms with Crippen molar-refractivity contribution in [2.75, 3.05) is 0 Å². The molecule has 2 fully saturated rings. The average molecular weight is 549 g/mol. The van der Waals surface area contributed by atoms with Gasteiger partial charge in [-0.1, -0.05) is 95.2 Å². The van der Waals surface area contributed by atoms with Crippen molar-refractivity contribution in [1.29, 1.82) is 0 Å². The summed E-state index contributed by atoms with van der Waals surface area (Å²) in [6, 6.07) is 6.94. The molecule has 3 nitrogen and oxygen atoms in total. The highest BCUT2D eigenvalue weighted by atomic mass is 32.2. The second kappa shape index (κ2) is 10.5. The molecule has 7 atom stereocenters. The van der Waals surface area contributed by atoms with Crippen LogP contribution >= 0.6 is 0 Å². The molecular formula is C35H48O3S. The Kier molecular flexibility index (Phi) is 7.70. The zero-order chi connectivity index (χ0) is 28.2. The van der Waals surface area contributed by atoms with Crippen molar-refractivity contribution in [3.63, 3.8) is 0 Å². The Morgan fingerprint density at radius 3 is 2.38 bits per heavy atom. The number of hydrogen-bond acceptors (Lipinski definition) is 3. The number of rotatable bonds is 7. The Bertz CT molecular complexity index is 1310. The summed E-state index contributed by atoms with van der Waals surface area (Å²) >= 11 is 0. The van der Waals surface area contributed by atoms with Crippen LogP contribution in [-0.4, -0.2) is 14.5 Å². The van der Waals surface area contributed by atoms with E-state index in [1.807, 2.05) is 19.1 Å². The molecule has 1 aromatic rings. The van der Waals surface area contributed by atoms with Gasteiger partial charge in [-0.15, -0.1) is 0 Å². The van der Waals surface area contributed by atoms with Crippen LogP contribution in [0.2, 0.25) is 0 Å². The molecule has 0 bridgehead atoms. The Morgan fingerprint density at radius 1 is 0.974 bits per heavy atom. The van der Waals surface area contributed by atoms with E-state index in [0.29, 0.717) is 41.4 Å². The molecule has 0 unspecified atom stereocenters. The molecule has 0 aromatic heterocycles. The summed E-state index contributed by atoms with van der Waals surface area (Å²) in [5.74, 6) is 3.19. The topological polar surface area (TPSA) is 43.4 Å². The van der Waals surface area contributed by atoms with Crippen molar-refractivity contribution in [2.45, 2.75) is 98.0 Å². The second-order valence-corrected chi connectivity index (χ2v) is 15.4. The highest BCUT2D eigenvalue weighted by Gasteiger charge is 2.54. The summed E-state index contributed by atoms with van der Waals surface area (Å²) in [5, 5.41) is 0. The van der Waals surface area contributed by atoms with Crippen molar-refractivity contribution in [2.24, 2.45) is 40.4 Å². The molecule has 0 saturated heterocycles. The van der Waals surface area contributed by atoms with Crippen LogP contribution < -0.4 is 0 Å². The molecule has 5 rings (SSSR count). The standard InChI is InChI=1S/C35H48O3S/c1-23(2)25(4)10-11-26(5)31-16-17-32-30-15-12-27-22-28(38-39(36,37)29-13-8-24(3)9-14-29)18-20-34(27,6)33(30)19-21-35(31,32)7/h8-15,19,23,25-26,28,31-32H,16-18,20-22H2,1-7H3/b11-10+/t25-,26+,28-,31+,32-,34-,35+/m0/s1. The molecule has 0 heterocycles. The van der Waals surface area contributed by atoms with E-state index in [9.17, 15) is 8.42 Å². The molecule has 0 amide bonds. The first kappa shape index (κ1) is 28.6. The van der Waals surface area contributed by atoms with Gasteiger partial charge in [0.15, 0.2) is 0 Å². The maximum Gasteiger partial charge on any atom is 0.297 e. The number of aryl methyl sites for hydroxylation is 1. The Balaban J connectivity index is 1.34. The summed E-state index contributed by atoms with van der Waals surface area (Å²) in [7, 11) is -3.77. The predicted octanol–water partition coefficient (Wildman–Crippen LogP) is 8.97. The first-order valence-corrected chi connectivity index (χ1v) is 16.6. The fraction of sp³-hybridized carbons (Fsp3) is 0.600.